The van der Waals surface area contributed by atoms with E-state index in [-0.39, 0.29) is 11.7 Å². The minimum atomic E-state index is -0.469. The lowest BCUT2D eigenvalue weighted by molar-refractivity contribution is 0.102. The van der Waals surface area contributed by atoms with Crippen LogP contribution in [0.1, 0.15) is 21.7 Å². The first-order valence-electron chi connectivity index (χ1n) is 6.85. The Morgan fingerprint density at radius 3 is 2.78 bits per heavy atom. The first-order valence-corrected chi connectivity index (χ1v) is 7.67. The highest BCUT2D eigenvalue weighted by Gasteiger charge is 2.17. The van der Waals surface area contributed by atoms with E-state index < -0.39 is 5.63 Å². The van der Waals surface area contributed by atoms with Crippen molar-refractivity contribution in [1.82, 2.24) is 4.98 Å². The lowest BCUT2D eigenvalue weighted by atomic mass is 10.1. The molecule has 0 saturated carbocycles. The number of anilines is 1. The zero-order chi connectivity index (χ0) is 16.6. The number of ether oxygens (including phenoxy) is 1. The summed E-state index contributed by atoms with van der Waals surface area (Å²) in [5.74, 6) is 0.667. The number of hydrogen-bond acceptors (Lipinski definition) is 6. The Bertz CT molecular complexity index is 932. The number of rotatable bonds is 3. The monoisotopic (exact) mass is 330 g/mol. The molecule has 118 valence electrons. The summed E-state index contributed by atoms with van der Waals surface area (Å²) in [6, 6.07) is 6.80. The van der Waals surface area contributed by atoms with Gasteiger partial charge in [-0.05, 0) is 37.6 Å². The second-order valence-corrected chi connectivity index (χ2v) is 6.02. The highest BCUT2D eigenvalue weighted by atomic mass is 32.1. The van der Waals surface area contributed by atoms with Gasteiger partial charge in [0.1, 0.15) is 11.5 Å². The average Bonchev–Trinajstić information content (AvgIpc) is 2.86. The van der Waals surface area contributed by atoms with Crippen LogP contribution in [0.3, 0.4) is 0 Å². The largest absolute Gasteiger partial charge is 0.497 e. The van der Waals surface area contributed by atoms with Crippen LogP contribution in [0, 0.1) is 13.8 Å². The van der Waals surface area contributed by atoms with Crippen molar-refractivity contribution < 1.29 is 13.9 Å². The summed E-state index contributed by atoms with van der Waals surface area (Å²) < 4.78 is 11.1. The molecule has 0 unspecified atom stereocenters. The molecule has 6 nitrogen and oxygen atoms in total. The number of hydrogen-bond donors (Lipinski definition) is 1. The molecule has 3 aromatic rings. The molecule has 7 heteroatoms. The van der Waals surface area contributed by atoms with Crippen LogP contribution < -0.4 is 15.7 Å². The van der Waals surface area contributed by atoms with Crippen LogP contribution in [0.25, 0.3) is 10.2 Å². The fourth-order valence-corrected chi connectivity index (χ4v) is 3.23. The Hall–Kier alpha value is -2.67. The predicted octanol–water partition coefficient (Wildman–Crippen LogP) is 3.13. The standard InChI is InChI=1S/C16H14N2O4S/c1-8-6-13(19)22-9(2)14(8)15(20)18-16-17-11-5-4-10(21-3)7-12(11)23-16/h4-7H,1-3H3,(H,17,18,20). The van der Waals surface area contributed by atoms with E-state index in [1.165, 1.54) is 17.4 Å². The highest BCUT2D eigenvalue weighted by molar-refractivity contribution is 7.22. The van der Waals surface area contributed by atoms with Crippen LogP contribution in [0.4, 0.5) is 5.13 Å². The van der Waals surface area contributed by atoms with Crippen molar-refractivity contribution in [3.8, 4) is 5.75 Å². The summed E-state index contributed by atoms with van der Waals surface area (Å²) in [7, 11) is 1.60. The maximum atomic E-state index is 12.4. The quantitative estimate of drug-likeness (QED) is 0.798. The zero-order valence-electron chi connectivity index (χ0n) is 12.8. The minimum Gasteiger partial charge on any atom is -0.497 e. The van der Waals surface area contributed by atoms with E-state index in [0.717, 1.165) is 16.0 Å². The Kier molecular flexibility index (Phi) is 3.87. The number of carbonyl (C=O) groups is 1. The van der Waals surface area contributed by atoms with Crippen molar-refractivity contribution in [3.63, 3.8) is 0 Å². The summed E-state index contributed by atoms with van der Waals surface area (Å²) in [5.41, 5.74) is 1.23. The van der Waals surface area contributed by atoms with Crippen LogP contribution in [0.2, 0.25) is 0 Å². The van der Waals surface area contributed by atoms with Crippen LogP contribution in [-0.4, -0.2) is 18.0 Å². The number of aryl methyl sites for hydroxylation is 2. The van der Waals surface area contributed by atoms with Gasteiger partial charge in [-0.2, -0.15) is 0 Å². The molecule has 0 atom stereocenters. The van der Waals surface area contributed by atoms with Crippen molar-refractivity contribution in [2.24, 2.45) is 0 Å². The molecule has 23 heavy (non-hydrogen) atoms. The van der Waals surface area contributed by atoms with Gasteiger partial charge in [0.2, 0.25) is 0 Å². The van der Waals surface area contributed by atoms with Gasteiger partial charge in [-0.25, -0.2) is 9.78 Å². The smallest absolute Gasteiger partial charge is 0.336 e. The molecule has 1 amide bonds. The van der Waals surface area contributed by atoms with Crippen molar-refractivity contribution in [2.45, 2.75) is 13.8 Å². The number of benzene rings is 1. The van der Waals surface area contributed by atoms with Crippen molar-refractivity contribution >= 4 is 32.6 Å². The van der Waals surface area contributed by atoms with Crippen molar-refractivity contribution in [2.75, 3.05) is 12.4 Å². The van der Waals surface area contributed by atoms with Crippen LogP contribution in [0.15, 0.2) is 33.5 Å². The molecule has 1 N–H and O–H groups in total. The molecule has 0 saturated heterocycles. The molecule has 3 rings (SSSR count). The second-order valence-electron chi connectivity index (χ2n) is 4.99. The van der Waals surface area contributed by atoms with E-state index in [9.17, 15) is 9.59 Å². The van der Waals surface area contributed by atoms with Gasteiger partial charge in [0, 0.05) is 6.07 Å². The minimum absolute atomic E-state index is 0.287. The lowest BCUT2D eigenvalue weighted by Gasteiger charge is -2.06. The molecule has 0 radical (unpaired) electrons. The normalized spacial score (nSPS) is 10.7. The van der Waals surface area contributed by atoms with Gasteiger partial charge in [-0.1, -0.05) is 11.3 Å². The molecule has 0 aliphatic heterocycles. The van der Waals surface area contributed by atoms with E-state index in [1.54, 1.807) is 21.0 Å². The third kappa shape index (κ3) is 2.95. The lowest BCUT2D eigenvalue weighted by Crippen LogP contribution is -2.17. The number of nitrogens with one attached hydrogen (secondary N) is 1. The Balaban J connectivity index is 1.93. The van der Waals surface area contributed by atoms with E-state index in [4.69, 9.17) is 9.15 Å². The van der Waals surface area contributed by atoms with Crippen LogP contribution in [0.5, 0.6) is 5.75 Å². The topological polar surface area (TPSA) is 81.4 Å². The molecule has 0 aliphatic carbocycles. The maximum Gasteiger partial charge on any atom is 0.336 e. The fourth-order valence-electron chi connectivity index (χ4n) is 2.34. The van der Waals surface area contributed by atoms with Gasteiger partial charge in [-0.3, -0.25) is 10.1 Å². The Morgan fingerprint density at radius 2 is 2.09 bits per heavy atom. The molecular formula is C16H14N2O4S. The molecule has 0 spiro atoms. The number of fused-ring (bicyclic) bond motifs is 1. The average molecular weight is 330 g/mol. The third-order valence-electron chi connectivity index (χ3n) is 3.38. The number of methoxy groups -OCH3 is 1. The fraction of sp³-hybridized carbons (Fsp3) is 0.188. The number of amides is 1. The van der Waals surface area contributed by atoms with Gasteiger partial charge in [0.25, 0.3) is 5.91 Å². The molecule has 0 bridgehead atoms. The molecule has 0 aliphatic rings. The summed E-state index contributed by atoms with van der Waals surface area (Å²) in [4.78, 5) is 28.1. The Morgan fingerprint density at radius 1 is 1.30 bits per heavy atom. The second kappa shape index (κ2) is 5.85. The van der Waals surface area contributed by atoms with Crippen molar-refractivity contribution in [3.05, 3.63) is 51.6 Å². The van der Waals surface area contributed by atoms with Gasteiger partial charge < -0.3 is 9.15 Å². The summed E-state index contributed by atoms with van der Waals surface area (Å²) >= 11 is 1.35. The molecule has 1 aromatic carbocycles. The summed E-state index contributed by atoms with van der Waals surface area (Å²) in [6.45, 7) is 3.29. The first-order chi connectivity index (χ1) is 11.0. The van der Waals surface area contributed by atoms with Gasteiger partial charge >= 0.3 is 5.63 Å². The van der Waals surface area contributed by atoms with Crippen LogP contribution >= 0.6 is 11.3 Å². The predicted molar refractivity (Wildman–Crippen MR) is 88.6 cm³/mol. The van der Waals surface area contributed by atoms with E-state index in [2.05, 4.69) is 10.3 Å². The maximum absolute atomic E-state index is 12.4. The highest BCUT2D eigenvalue weighted by Crippen LogP contribution is 2.29. The number of carbonyl (C=O) groups excluding carboxylic acids is 1. The van der Waals surface area contributed by atoms with E-state index in [1.807, 2.05) is 18.2 Å². The third-order valence-corrected chi connectivity index (χ3v) is 4.31. The van der Waals surface area contributed by atoms with Crippen LogP contribution in [-0.2, 0) is 0 Å². The molecular weight excluding hydrogens is 316 g/mol. The first kappa shape index (κ1) is 15.2. The van der Waals surface area contributed by atoms with Gasteiger partial charge in [-0.15, -0.1) is 0 Å². The molecule has 2 aromatic heterocycles. The Labute approximate surface area is 135 Å². The van der Waals surface area contributed by atoms with Gasteiger partial charge in [0.05, 0.1) is 22.9 Å². The molecule has 2 heterocycles. The van der Waals surface area contributed by atoms with E-state index >= 15 is 0 Å². The summed E-state index contributed by atoms with van der Waals surface area (Å²) in [5, 5.41) is 3.23. The van der Waals surface area contributed by atoms with Gasteiger partial charge in [0.15, 0.2) is 5.13 Å². The van der Waals surface area contributed by atoms with E-state index in [0.29, 0.717) is 16.3 Å². The SMILES string of the molecule is COc1ccc2nc(NC(=O)c3c(C)cc(=O)oc3C)sc2c1. The zero-order valence-corrected chi connectivity index (χ0v) is 13.6. The number of nitrogens with zero attached hydrogens (tertiary/aromatic N) is 1. The summed E-state index contributed by atoms with van der Waals surface area (Å²) in [6.07, 6.45) is 0. The number of aromatic nitrogens is 1. The van der Waals surface area contributed by atoms with Crippen molar-refractivity contribution in [1.29, 1.82) is 0 Å². The molecule has 0 fully saturated rings. The number of thiazole rings is 1.